The Morgan fingerprint density at radius 2 is 1.68 bits per heavy atom. The fourth-order valence-corrected chi connectivity index (χ4v) is 4.28. The van der Waals surface area contributed by atoms with E-state index in [9.17, 15) is 14.0 Å². The summed E-state index contributed by atoms with van der Waals surface area (Å²) in [6, 6.07) is 10.8. The summed E-state index contributed by atoms with van der Waals surface area (Å²) in [6.45, 7) is 0. The molecule has 1 aliphatic carbocycles. The largest absolute Gasteiger partial charge is 0.493 e. The number of aromatic nitrogens is 5. The van der Waals surface area contributed by atoms with E-state index in [1.807, 2.05) is 0 Å². The predicted octanol–water partition coefficient (Wildman–Crippen LogP) is 4.78. The summed E-state index contributed by atoms with van der Waals surface area (Å²) >= 11 is 0. The minimum atomic E-state index is -0.761. The Morgan fingerprint density at radius 3 is 2.37 bits per heavy atom. The first-order valence-corrected chi connectivity index (χ1v) is 12.6. The van der Waals surface area contributed by atoms with Gasteiger partial charge in [-0.15, -0.1) is 0 Å². The van der Waals surface area contributed by atoms with E-state index in [2.05, 4.69) is 25.4 Å². The van der Waals surface area contributed by atoms with Gasteiger partial charge in [0.05, 0.1) is 38.2 Å². The molecule has 3 heterocycles. The van der Waals surface area contributed by atoms with Crippen molar-refractivity contribution in [3.05, 3.63) is 89.0 Å². The normalized spacial score (nSPS) is 12.7. The van der Waals surface area contributed by atoms with Crippen LogP contribution in [0, 0.1) is 5.82 Å². The van der Waals surface area contributed by atoms with Crippen LogP contribution in [0.5, 0.6) is 23.0 Å². The molecule has 0 atom stereocenters. The minimum Gasteiger partial charge on any atom is -0.493 e. The highest BCUT2D eigenvalue weighted by Gasteiger charge is 2.27. The number of methoxy groups -OCH3 is 2. The first-order chi connectivity index (χ1) is 19.9. The molecule has 12 heteroatoms. The van der Waals surface area contributed by atoms with Gasteiger partial charge in [0.2, 0.25) is 11.4 Å². The zero-order chi connectivity index (χ0) is 28.5. The molecule has 5 aromatic rings. The summed E-state index contributed by atoms with van der Waals surface area (Å²) in [4.78, 5) is 39.0. The molecule has 1 fully saturated rings. The summed E-state index contributed by atoms with van der Waals surface area (Å²) in [5.41, 5.74) is 0.482. The topological polar surface area (TPSA) is 130 Å². The highest BCUT2D eigenvalue weighted by atomic mass is 19.1. The standard InChI is InChI=1S/C29H23FN6O5/c1-39-24-11-20-22(12-25(24)40-2)31-10-9-23(20)41-19-13-32-29(33-14-19)34-28(38)26-27(37)21(15-36(35-26)18-7-8-18)16-3-5-17(30)6-4-16/h3-6,9-15,18H,7-8H2,1-2H3,(H,32,33,34,38). The molecule has 1 saturated carbocycles. The summed E-state index contributed by atoms with van der Waals surface area (Å²) in [5, 5.41) is 7.49. The van der Waals surface area contributed by atoms with Gasteiger partial charge < -0.3 is 14.2 Å². The average Bonchev–Trinajstić information content (AvgIpc) is 3.84. The highest BCUT2D eigenvalue weighted by molar-refractivity contribution is 6.02. The molecular formula is C29H23FN6O5. The van der Waals surface area contributed by atoms with E-state index in [1.165, 1.54) is 43.8 Å². The quantitative estimate of drug-likeness (QED) is 0.288. The molecule has 41 heavy (non-hydrogen) atoms. The predicted molar refractivity (Wildman–Crippen MR) is 147 cm³/mol. The third-order valence-corrected chi connectivity index (χ3v) is 6.52. The number of ether oxygens (including phenoxy) is 3. The Labute approximate surface area is 232 Å². The van der Waals surface area contributed by atoms with Crippen LogP contribution < -0.4 is 25.0 Å². The van der Waals surface area contributed by atoms with Crippen LogP contribution in [-0.4, -0.2) is 44.9 Å². The van der Waals surface area contributed by atoms with Crippen LogP contribution in [0.2, 0.25) is 0 Å². The van der Waals surface area contributed by atoms with Crippen molar-refractivity contribution in [2.75, 3.05) is 19.5 Å². The van der Waals surface area contributed by atoms with Gasteiger partial charge in [0.1, 0.15) is 11.6 Å². The maximum atomic E-state index is 13.5. The Bertz CT molecular complexity index is 1820. The first kappa shape index (κ1) is 25.9. The maximum absolute atomic E-state index is 13.5. The minimum absolute atomic E-state index is 0.0419. The summed E-state index contributed by atoms with van der Waals surface area (Å²) in [6.07, 6.45) is 7.75. The molecule has 3 aromatic heterocycles. The Kier molecular flexibility index (Phi) is 6.71. The zero-order valence-electron chi connectivity index (χ0n) is 22.0. The van der Waals surface area contributed by atoms with E-state index in [-0.39, 0.29) is 23.2 Å². The van der Waals surface area contributed by atoms with Crippen molar-refractivity contribution in [3.8, 4) is 34.1 Å². The van der Waals surface area contributed by atoms with E-state index in [1.54, 1.807) is 42.4 Å². The number of nitrogens with zero attached hydrogens (tertiary/aromatic N) is 5. The monoisotopic (exact) mass is 554 g/mol. The van der Waals surface area contributed by atoms with Crippen LogP contribution in [0.3, 0.4) is 0 Å². The lowest BCUT2D eigenvalue weighted by Gasteiger charge is -2.12. The third-order valence-electron chi connectivity index (χ3n) is 6.52. The second-order valence-electron chi connectivity index (χ2n) is 9.27. The summed E-state index contributed by atoms with van der Waals surface area (Å²) in [7, 11) is 3.08. The number of pyridine rings is 1. The maximum Gasteiger partial charge on any atom is 0.282 e. The van der Waals surface area contributed by atoms with Crippen molar-refractivity contribution >= 4 is 22.8 Å². The molecule has 0 bridgehead atoms. The van der Waals surface area contributed by atoms with E-state index >= 15 is 0 Å². The van der Waals surface area contributed by atoms with Gasteiger partial charge in [0.25, 0.3) is 5.91 Å². The van der Waals surface area contributed by atoms with Crippen molar-refractivity contribution in [1.29, 1.82) is 0 Å². The van der Waals surface area contributed by atoms with Crippen molar-refractivity contribution < 1.29 is 23.4 Å². The smallest absolute Gasteiger partial charge is 0.282 e. The second-order valence-corrected chi connectivity index (χ2v) is 9.27. The van der Waals surface area contributed by atoms with Crippen molar-refractivity contribution in [2.24, 2.45) is 0 Å². The molecule has 1 aliphatic rings. The van der Waals surface area contributed by atoms with E-state index in [0.29, 0.717) is 39.5 Å². The number of rotatable bonds is 8. The SMILES string of the molecule is COc1cc2nccc(Oc3cnc(NC(=O)c4nn(C5CC5)cc(-c5ccc(F)cc5)c4=O)nc3)c2cc1OC. The van der Waals surface area contributed by atoms with Crippen LogP contribution in [0.4, 0.5) is 10.3 Å². The molecular weight excluding hydrogens is 531 g/mol. The molecule has 1 amide bonds. The van der Waals surface area contributed by atoms with Crippen LogP contribution in [0.25, 0.3) is 22.0 Å². The number of carbonyl (C=O) groups is 1. The molecule has 206 valence electrons. The van der Waals surface area contributed by atoms with Crippen molar-refractivity contribution in [2.45, 2.75) is 18.9 Å². The average molecular weight is 555 g/mol. The van der Waals surface area contributed by atoms with Gasteiger partial charge in [-0.2, -0.15) is 5.10 Å². The van der Waals surface area contributed by atoms with E-state index in [0.717, 1.165) is 12.8 Å². The van der Waals surface area contributed by atoms with Crippen LogP contribution in [0.1, 0.15) is 29.4 Å². The lowest BCUT2D eigenvalue weighted by atomic mass is 10.1. The Balaban J connectivity index is 1.24. The van der Waals surface area contributed by atoms with Crippen LogP contribution in [-0.2, 0) is 0 Å². The molecule has 2 aromatic carbocycles. The first-order valence-electron chi connectivity index (χ1n) is 12.6. The highest BCUT2D eigenvalue weighted by Crippen LogP contribution is 2.37. The molecule has 6 rings (SSSR count). The molecule has 0 aliphatic heterocycles. The second kappa shape index (κ2) is 10.6. The van der Waals surface area contributed by atoms with Gasteiger partial charge in [-0.3, -0.25) is 24.6 Å². The van der Waals surface area contributed by atoms with Crippen LogP contribution in [0.15, 0.2) is 72.0 Å². The molecule has 0 unspecified atom stereocenters. The molecule has 0 spiro atoms. The molecule has 11 nitrogen and oxygen atoms in total. The van der Waals surface area contributed by atoms with E-state index in [4.69, 9.17) is 14.2 Å². The number of fused-ring (bicyclic) bond motifs is 1. The fourth-order valence-electron chi connectivity index (χ4n) is 4.28. The van der Waals surface area contributed by atoms with Crippen molar-refractivity contribution in [1.82, 2.24) is 24.7 Å². The van der Waals surface area contributed by atoms with Gasteiger partial charge in [-0.25, -0.2) is 14.4 Å². The molecule has 1 N–H and O–H groups in total. The Morgan fingerprint density at radius 1 is 0.976 bits per heavy atom. The fraction of sp³-hybridized carbons (Fsp3) is 0.172. The van der Waals surface area contributed by atoms with Gasteiger partial charge in [0, 0.05) is 29.4 Å². The van der Waals surface area contributed by atoms with Gasteiger partial charge in [-0.1, -0.05) is 12.1 Å². The number of nitrogens with one attached hydrogen (secondary N) is 1. The lowest BCUT2D eigenvalue weighted by molar-refractivity contribution is 0.101. The Hall–Kier alpha value is -5.39. The summed E-state index contributed by atoms with van der Waals surface area (Å²) in [5.74, 6) is 0.615. The van der Waals surface area contributed by atoms with Crippen molar-refractivity contribution in [3.63, 3.8) is 0 Å². The van der Waals surface area contributed by atoms with E-state index < -0.39 is 17.2 Å². The number of hydrogen-bond donors (Lipinski definition) is 1. The number of halogens is 1. The lowest BCUT2D eigenvalue weighted by Crippen LogP contribution is -2.28. The van der Waals surface area contributed by atoms with Crippen LogP contribution >= 0.6 is 0 Å². The molecule has 0 saturated heterocycles. The molecule has 0 radical (unpaired) electrons. The zero-order valence-corrected chi connectivity index (χ0v) is 22.0. The number of anilines is 1. The third kappa shape index (κ3) is 5.26. The number of hydrogen-bond acceptors (Lipinski definition) is 9. The number of benzene rings is 2. The summed E-state index contributed by atoms with van der Waals surface area (Å²) < 4.78 is 31.8. The van der Waals surface area contributed by atoms with Gasteiger partial charge in [0.15, 0.2) is 22.9 Å². The van der Waals surface area contributed by atoms with Gasteiger partial charge in [-0.05, 0) is 42.7 Å². The number of amides is 1. The van der Waals surface area contributed by atoms with Gasteiger partial charge >= 0.3 is 0 Å². The number of carbonyl (C=O) groups excluding carboxylic acids is 1.